The lowest BCUT2D eigenvalue weighted by molar-refractivity contribution is -0.193. The highest BCUT2D eigenvalue weighted by Crippen LogP contribution is 2.39. The number of thiazole rings is 1. The fraction of sp³-hybridized carbons (Fsp3) is 0.480. The van der Waals surface area contributed by atoms with E-state index in [1.807, 2.05) is 57.6 Å². The van der Waals surface area contributed by atoms with E-state index in [9.17, 15) is 45.8 Å². The molecule has 25 heteroatoms. The number of nitrogens with one attached hydrogen (secondary N) is 2. The molecule has 1 spiro atoms. The van der Waals surface area contributed by atoms with E-state index >= 15 is 4.39 Å². The molecule has 0 unspecified atom stereocenters. The number of hydrogen-bond acceptors (Lipinski definition) is 13. The van der Waals surface area contributed by atoms with E-state index in [1.54, 1.807) is 18.2 Å². The number of phenols is 1. The number of rotatable bonds is 18. The minimum atomic E-state index is -5.08. The lowest BCUT2D eigenvalue weighted by Crippen LogP contribution is -2.58. The third-order valence-electron chi connectivity index (χ3n) is 12.1. The number of alkyl halides is 6. The molecule has 410 valence electrons. The highest BCUT2D eigenvalue weighted by molar-refractivity contribution is 7.09. The molecule has 7 rings (SSSR count). The Kier molecular flexibility index (Phi) is 21.7. The topological polar surface area (TPSA) is 220 Å². The molecule has 0 aliphatic carbocycles. The van der Waals surface area contributed by atoms with Gasteiger partial charge in [-0.05, 0) is 55.0 Å². The summed E-state index contributed by atoms with van der Waals surface area (Å²) in [5.74, 6) is -5.38. The molecule has 0 bridgehead atoms. The first-order valence-corrected chi connectivity index (χ1v) is 24.7. The quantitative estimate of drug-likeness (QED) is 0.0384. The summed E-state index contributed by atoms with van der Waals surface area (Å²) in [5.41, 5.74) is 3.53. The van der Waals surface area contributed by atoms with Gasteiger partial charge in [-0.15, -0.1) is 11.3 Å². The van der Waals surface area contributed by atoms with Gasteiger partial charge in [0.05, 0.1) is 43.4 Å². The molecule has 17 nitrogen and oxygen atoms in total. The molecule has 0 radical (unpaired) electrons. The Morgan fingerprint density at radius 3 is 2.20 bits per heavy atom. The predicted molar refractivity (Wildman–Crippen MR) is 259 cm³/mol. The standard InChI is InChI=1S/C46H57FN6O7S.2C2HF3O2/c1-32(2)44-49-37(30-61-44)45(57)53-23-26-60-46(31-53)16-20-51(21-17-46)28-36-10-6-9-34(41(36)47)14-24-58-25-15-40(56)52(27-33-7-4-3-5-8-33)22-19-48-18-13-35-11-12-38(54)42-43(35)59-29-39(55)50-42;2*3-2(4,5)1(6)7/h3-12,30,32,48,54H,13-29,31H2,1-2H3,(H,50,55);2*(H,6,7). The summed E-state index contributed by atoms with van der Waals surface area (Å²) in [7, 11) is 0. The van der Waals surface area contributed by atoms with Crippen molar-refractivity contribution in [3.05, 3.63) is 105 Å². The maximum atomic E-state index is 15.8. The summed E-state index contributed by atoms with van der Waals surface area (Å²) in [6, 6.07) is 18.7. The highest BCUT2D eigenvalue weighted by Gasteiger charge is 2.42. The fourth-order valence-electron chi connectivity index (χ4n) is 8.11. The Hall–Kier alpha value is -6.41. The molecule has 3 amide bonds. The molecule has 2 fully saturated rings. The molecule has 4 aromatic rings. The number of aliphatic carboxylic acids is 2. The van der Waals surface area contributed by atoms with Gasteiger partial charge in [-0.2, -0.15) is 26.3 Å². The van der Waals surface area contributed by atoms with Crippen LogP contribution in [-0.4, -0.2) is 155 Å². The number of carboxylic acids is 2. The first kappa shape index (κ1) is 59.5. The predicted octanol–water partition coefficient (Wildman–Crippen LogP) is 7.03. The summed E-state index contributed by atoms with van der Waals surface area (Å²) in [5, 5.41) is 33.3. The number of amides is 3. The van der Waals surface area contributed by atoms with Crippen molar-refractivity contribution in [1.82, 2.24) is 25.0 Å². The van der Waals surface area contributed by atoms with E-state index < -0.39 is 29.9 Å². The largest absolute Gasteiger partial charge is 0.506 e. The molecular weight excluding hydrogens is 1030 g/mol. The van der Waals surface area contributed by atoms with Gasteiger partial charge in [-0.3, -0.25) is 19.3 Å². The van der Waals surface area contributed by atoms with E-state index in [0.29, 0.717) is 100 Å². The van der Waals surface area contributed by atoms with E-state index in [-0.39, 0.29) is 54.8 Å². The summed E-state index contributed by atoms with van der Waals surface area (Å²) < 4.78 is 97.1. The minimum Gasteiger partial charge on any atom is -0.506 e. The van der Waals surface area contributed by atoms with E-state index in [0.717, 1.165) is 42.1 Å². The molecule has 4 heterocycles. The Morgan fingerprint density at radius 1 is 0.893 bits per heavy atom. The molecule has 0 atom stereocenters. The maximum absolute atomic E-state index is 15.8. The Balaban J connectivity index is 0.000000653. The summed E-state index contributed by atoms with van der Waals surface area (Å²) in [6.07, 6.45) is -7.44. The lowest BCUT2D eigenvalue weighted by atomic mass is 9.89. The zero-order chi connectivity index (χ0) is 54.9. The monoisotopic (exact) mass is 1080 g/mol. The van der Waals surface area contributed by atoms with Crippen molar-refractivity contribution in [2.24, 2.45) is 0 Å². The number of halogens is 7. The molecule has 3 aliphatic heterocycles. The van der Waals surface area contributed by atoms with Crippen LogP contribution in [-0.2, 0) is 54.6 Å². The van der Waals surface area contributed by atoms with Gasteiger partial charge in [-0.1, -0.05) is 68.4 Å². The summed E-state index contributed by atoms with van der Waals surface area (Å²) in [6.45, 7) is 10.3. The highest BCUT2D eigenvalue weighted by atomic mass is 32.1. The Labute approximate surface area is 431 Å². The van der Waals surface area contributed by atoms with Gasteiger partial charge in [0.2, 0.25) is 5.91 Å². The smallest absolute Gasteiger partial charge is 0.490 e. The van der Waals surface area contributed by atoms with Crippen LogP contribution in [0, 0.1) is 5.82 Å². The second kappa shape index (κ2) is 27.4. The molecule has 3 aliphatic rings. The average Bonchev–Trinajstić information content (AvgIpc) is 3.87. The van der Waals surface area contributed by atoms with Crippen molar-refractivity contribution in [1.29, 1.82) is 0 Å². The van der Waals surface area contributed by atoms with Crippen LogP contribution >= 0.6 is 11.3 Å². The number of anilines is 1. The number of aromatic hydroxyl groups is 1. The fourth-order valence-corrected chi connectivity index (χ4v) is 8.92. The van der Waals surface area contributed by atoms with Crippen LogP contribution in [0.15, 0.2) is 66.0 Å². The maximum Gasteiger partial charge on any atom is 0.490 e. The Morgan fingerprint density at radius 2 is 1.56 bits per heavy atom. The van der Waals surface area contributed by atoms with Crippen LogP contribution in [0.5, 0.6) is 11.5 Å². The van der Waals surface area contributed by atoms with E-state index in [4.69, 9.17) is 34.0 Å². The van der Waals surface area contributed by atoms with Crippen LogP contribution in [0.2, 0.25) is 0 Å². The van der Waals surface area contributed by atoms with Crippen molar-refractivity contribution in [2.75, 3.05) is 77.6 Å². The van der Waals surface area contributed by atoms with Gasteiger partial charge in [0, 0.05) is 62.7 Å². The first-order chi connectivity index (χ1) is 35.5. The van der Waals surface area contributed by atoms with Crippen LogP contribution in [0.1, 0.15) is 76.8 Å². The molecule has 2 saturated heterocycles. The third kappa shape index (κ3) is 18.1. The van der Waals surface area contributed by atoms with Crippen LogP contribution < -0.4 is 15.4 Å². The van der Waals surface area contributed by atoms with Gasteiger partial charge in [0.25, 0.3) is 11.8 Å². The number of nitrogens with zero attached hydrogens (tertiary/aromatic N) is 4. The van der Waals surface area contributed by atoms with Crippen LogP contribution in [0.25, 0.3) is 0 Å². The number of fused-ring (bicyclic) bond motifs is 1. The normalized spacial score (nSPS) is 15.4. The van der Waals surface area contributed by atoms with Crippen LogP contribution in [0.3, 0.4) is 0 Å². The number of likely N-dealkylation sites (tertiary alicyclic amines) is 1. The number of phenolic OH excluding ortho intramolecular Hbond substituents is 1. The van der Waals surface area contributed by atoms with Crippen molar-refractivity contribution in [3.8, 4) is 11.5 Å². The summed E-state index contributed by atoms with van der Waals surface area (Å²) >= 11 is 1.53. The first-order valence-electron chi connectivity index (χ1n) is 23.8. The molecule has 0 saturated carbocycles. The van der Waals surface area contributed by atoms with Gasteiger partial charge in [-0.25, -0.2) is 19.0 Å². The van der Waals surface area contributed by atoms with Gasteiger partial charge >= 0.3 is 24.3 Å². The zero-order valence-electron chi connectivity index (χ0n) is 41.1. The number of aromatic nitrogens is 1. The lowest BCUT2D eigenvalue weighted by Gasteiger charge is -2.47. The number of morpholine rings is 1. The van der Waals surface area contributed by atoms with Crippen molar-refractivity contribution < 1.29 is 84.2 Å². The van der Waals surface area contributed by atoms with Crippen LogP contribution in [0.4, 0.5) is 36.4 Å². The number of piperidine rings is 1. The zero-order valence-corrected chi connectivity index (χ0v) is 41.9. The summed E-state index contributed by atoms with van der Waals surface area (Å²) in [4.78, 5) is 66.8. The van der Waals surface area contributed by atoms with Gasteiger partial charge in [0.1, 0.15) is 22.9 Å². The number of benzene rings is 3. The Bertz CT molecular complexity index is 2540. The second-order valence-corrected chi connectivity index (χ2v) is 18.8. The number of hydrogen-bond donors (Lipinski definition) is 5. The van der Waals surface area contributed by atoms with E-state index in [1.165, 1.54) is 11.3 Å². The number of carbonyl (C=O) groups excluding carboxylic acids is 3. The van der Waals surface area contributed by atoms with Crippen molar-refractivity contribution in [2.45, 2.75) is 82.9 Å². The van der Waals surface area contributed by atoms with E-state index in [2.05, 4.69) is 34.4 Å². The number of ether oxygens (including phenoxy) is 3. The minimum absolute atomic E-state index is 0.0310. The molecule has 3 aromatic carbocycles. The van der Waals surface area contributed by atoms with Gasteiger partial charge < -0.3 is 50.0 Å². The van der Waals surface area contributed by atoms with Crippen molar-refractivity contribution >= 4 is 46.7 Å². The molecule has 1 aromatic heterocycles. The van der Waals surface area contributed by atoms with Gasteiger partial charge in [0.15, 0.2) is 12.4 Å². The third-order valence-corrected chi connectivity index (χ3v) is 13.2. The molecule has 5 N–H and O–H groups in total. The molecular formula is C50H59F7N6O11S. The number of carbonyl (C=O) groups is 5. The average molecular weight is 1090 g/mol. The SMILES string of the molecule is CC(C)c1nc(C(=O)N2CCOC3(CCN(Cc4cccc(CCOCCC(=O)N(CCNCCc5ccc(O)c6c5OCC(=O)N6)Cc5ccccc5)c4F)CC3)C2)cs1.O=C(O)C(F)(F)F.O=C(O)C(F)(F)F. The van der Waals surface area contributed by atoms with Crippen molar-refractivity contribution in [3.63, 3.8) is 0 Å². The number of carboxylic acid groups (broad SMARTS) is 2. The molecule has 75 heavy (non-hydrogen) atoms. The second-order valence-electron chi connectivity index (χ2n) is 18.0.